The van der Waals surface area contributed by atoms with Crippen LogP contribution >= 0.6 is 0 Å². The smallest absolute Gasteiger partial charge is 0.270 e. The second-order valence-electron chi connectivity index (χ2n) is 6.93. The van der Waals surface area contributed by atoms with Crippen LogP contribution in [0.5, 0.6) is 0 Å². The number of benzene rings is 1. The van der Waals surface area contributed by atoms with Crippen molar-refractivity contribution in [2.45, 2.75) is 37.2 Å². The lowest BCUT2D eigenvalue weighted by Crippen LogP contribution is -2.38. The number of hydrogen-bond acceptors (Lipinski definition) is 5. The van der Waals surface area contributed by atoms with Gasteiger partial charge in [0.2, 0.25) is 10.0 Å². The number of amides is 1. The second-order valence-corrected chi connectivity index (χ2v) is 8.70. The monoisotopic (exact) mass is 430 g/mol. The molecule has 2 N–H and O–H groups in total. The van der Waals surface area contributed by atoms with Gasteiger partial charge in [-0.2, -0.15) is 10.2 Å². The van der Waals surface area contributed by atoms with Crippen LogP contribution in [0.1, 0.15) is 41.9 Å². The maximum Gasteiger partial charge on any atom is 0.270 e. The molecule has 9 nitrogen and oxygen atoms in total. The van der Waals surface area contributed by atoms with E-state index in [-0.39, 0.29) is 17.3 Å². The molecule has 2 aromatic heterocycles. The lowest BCUT2D eigenvalue weighted by Gasteiger charge is -2.20. The first-order chi connectivity index (χ1) is 14.4. The van der Waals surface area contributed by atoms with E-state index in [0.717, 1.165) is 18.4 Å². The molecule has 0 aliphatic rings. The van der Waals surface area contributed by atoms with Crippen molar-refractivity contribution >= 4 is 15.9 Å². The lowest BCUT2D eigenvalue weighted by atomic mass is 10.1. The molecule has 0 bridgehead atoms. The molecule has 1 amide bonds. The summed E-state index contributed by atoms with van der Waals surface area (Å²) >= 11 is 0. The summed E-state index contributed by atoms with van der Waals surface area (Å²) in [5, 5.41) is 11.1. The molecule has 1 aromatic carbocycles. The first kappa shape index (κ1) is 21.7. The van der Waals surface area contributed by atoms with E-state index < -0.39 is 16.1 Å². The molecule has 2 heterocycles. The van der Waals surface area contributed by atoms with Crippen LogP contribution in [0, 0.1) is 0 Å². The highest BCUT2D eigenvalue weighted by molar-refractivity contribution is 7.89. The van der Waals surface area contributed by atoms with Crippen molar-refractivity contribution in [3.8, 4) is 0 Å². The van der Waals surface area contributed by atoms with Crippen LogP contribution in [0.2, 0.25) is 0 Å². The Morgan fingerprint density at radius 3 is 2.60 bits per heavy atom. The predicted octanol–water partition coefficient (Wildman–Crippen LogP) is 1.87. The normalized spacial score (nSPS) is 12.6. The molecule has 3 aromatic rings. The molecular formula is C20H26N6O3S. The fourth-order valence-electron chi connectivity index (χ4n) is 3.00. The van der Waals surface area contributed by atoms with Crippen molar-refractivity contribution < 1.29 is 13.2 Å². The second kappa shape index (κ2) is 9.68. The Morgan fingerprint density at radius 2 is 1.93 bits per heavy atom. The Morgan fingerprint density at radius 1 is 1.17 bits per heavy atom. The maximum atomic E-state index is 12.9. The molecule has 0 radical (unpaired) electrons. The zero-order valence-electron chi connectivity index (χ0n) is 17.0. The fraction of sp³-hybridized carbons (Fsp3) is 0.350. The Balaban J connectivity index is 1.77. The Labute approximate surface area is 176 Å². The van der Waals surface area contributed by atoms with Crippen LogP contribution in [0.25, 0.3) is 0 Å². The molecule has 3 rings (SSSR count). The van der Waals surface area contributed by atoms with E-state index in [4.69, 9.17) is 0 Å². The van der Waals surface area contributed by atoms with Crippen molar-refractivity contribution in [3.05, 3.63) is 66.2 Å². The Hall–Kier alpha value is -2.98. The first-order valence-corrected chi connectivity index (χ1v) is 11.2. The highest BCUT2D eigenvalue weighted by atomic mass is 32.2. The number of hydrogen-bond donors (Lipinski definition) is 2. The number of aryl methyl sites for hydroxylation is 2. The van der Waals surface area contributed by atoms with Crippen molar-refractivity contribution in [2.75, 3.05) is 6.54 Å². The van der Waals surface area contributed by atoms with Gasteiger partial charge >= 0.3 is 0 Å². The molecule has 10 heteroatoms. The molecule has 1 unspecified atom stereocenters. The summed E-state index contributed by atoms with van der Waals surface area (Å²) in [4.78, 5) is 13.0. The van der Waals surface area contributed by atoms with E-state index >= 15 is 0 Å². The zero-order chi connectivity index (χ0) is 21.6. The van der Waals surface area contributed by atoms with Crippen LogP contribution in [0.15, 0.2) is 59.9 Å². The van der Waals surface area contributed by atoms with Crippen molar-refractivity contribution in [1.82, 2.24) is 29.6 Å². The third kappa shape index (κ3) is 5.33. The average molecular weight is 431 g/mol. The van der Waals surface area contributed by atoms with Gasteiger partial charge in [0.1, 0.15) is 10.6 Å². The minimum Gasteiger partial charge on any atom is -0.343 e. The van der Waals surface area contributed by atoms with Gasteiger partial charge in [-0.25, -0.2) is 13.1 Å². The number of aromatic nitrogens is 4. The Bertz CT molecular complexity index is 1070. The van der Waals surface area contributed by atoms with Crippen LogP contribution in [0.3, 0.4) is 0 Å². The topological polar surface area (TPSA) is 111 Å². The van der Waals surface area contributed by atoms with E-state index in [1.807, 2.05) is 30.3 Å². The van der Waals surface area contributed by atoms with Gasteiger partial charge in [0.05, 0.1) is 12.2 Å². The summed E-state index contributed by atoms with van der Waals surface area (Å²) in [6, 6.07) is 10.3. The third-order valence-electron chi connectivity index (χ3n) is 4.65. The largest absolute Gasteiger partial charge is 0.343 e. The van der Waals surface area contributed by atoms with Crippen LogP contribution in [0.4, 0.5) is 0 Å². The summed E-state index contributed by atoms with van der Waals surface area (Å²) in [6.07, 6.45) is 6.20. The van der Waals surface area contributed by atoms with E-state index in [0.29, 0.717) is 12.2 Å². The van der Waals surface area contributed by atoms with Crippen molar-refractivity contribution in [2.24, 2.45) is 7.05 Å². The summed E-state index contributed by atoms with van der Waals surface area (Å²) in [6.45, 7) is 2.72. The molecule has 30 heavy (non-hydrogen) atoms. The molecule has 0 aliphatic carbocycles. The van der Waals surface area contributed by atoms with E-state index in [2.05, 4.69) is 27.2 Å². The van der Waals surface area contributed by atoms with Gasteiger partial charge in [0.15, 0.2) is 0 Å². The number of sulfonamides is 1. The molecule has 0 saturated heterocycles. The zero-order valence-corrected chi connectivity index (χ0v) is 17.8. The molecule has 160 valence electrons. The predicted molar refractivity (Wildman–Crippen MR) is 112 cm³/mol. The number of carbonyl (C=O) groups excluding carboxylic acids is 1. The van der Waals surface area contributed by atoms with Crippen molar-refractivity contribution in [3.63, 3.8) is 0 Å². The fourth-order valence-corrected chi connectivity index (χ4v) is 4.03. The minimum atomic E-state index is -3.75. The molecule has 0 fully saturated rings. The molecular weight excluding hydrogens is 404 g/mol. The number of carbonyl (C=O) groups is 1. The molecule has 0 saturated carbocycles. The average Bonchev–Trinajstić information content (AvgIpc) is 3.39. The number of rotatable bonds is 10. The highest BCUT2D eigenvalue weighted by Crippen LogP contribution is 2.15. The summed E-state index contributed by atoms with van der Waals surface area (Å²) < 4.78 is 30.8. The van der Waals surface area contributed by atoms with E-state index in [1.54, 1.807) is 24.0 Å². The molecule has 0 spiro atoms. The Kier molecular flexibility index (Phi) is 7.01. The molecule has 1 atom stereocenters. The van der Waals surface area contributed by atoms with E-state index in [1.165, 1.54) is 17.1 Å². The van der Waals surface area contributed by atoms with Gasteiger partial charge in [-0.15, -0.1) is 0 Å². The summed E-state index contributed by atoms with van der Waals surface area (Å²) in [5.74, 6) is -0.307. The number of unbranched alkanes of at least 4 members (excludes halogenated alkanes) is 1. The van der Waals surface area contributed by atoms with Gasteiger partial charge in [-0.3, -0.25) is 14.2 Å². The highest BCUT2D eigenvalue weighted by Gasteiger charge is 2.22. The van der Waals surface area contributed by atoms with Gasteiger partial charge < -0.3 is 5.32 Å². The maximum absolute atomic E-state index is 12.9. The van der Waals surface area contributed by atoms with Crippen LogP contribution in [-0.2, 0) is 23.6 Å². The van der Waals surface area contributed by atoms with Gasteiger partial charge in [0.25, 0.3) is 5.91 Å². The minimum absolute atomic E-state index is 0.00389. The van der Waals surface area contributed by atoms with Gasteiger partial charge in [0, 0.05) is 32.5 Å². The summed E-state index contributed by atoms with van der Waals surface area (Å²) in [5.41, 5.74) is 1.24. The number of nitrogens with one attached hydrogen (secondary N) is 2. The quantitative estimate of drug-likeness (QED) is 0.510. The molecule has 0 aliphatic heterocycles. The van der Waals surface area contributed by atoms with Crippen LogP contribution < -0.4 is 10.0 Å². The third-order valence-corrected chi connectivity index (χ3v) is 6.03. The first-order valence-electron chi connectivity index (χ1n) is 9.76. The number of nitrogens with zero attached hydrogens (tertiary/aromatic N) is 4. The van der Waals surface area contributed by atoms with Gasteiger partial charge in [-0.1, -0.05) is 43.7 Å². The standard InChI is InChI=1S/C20H26N6O3S/c1-3-4-12-26-19(10-11-21-26)20(27)24-18(16-8-6-5-7-9-16)14-23-30(28,29)17-13-22-25(2)15-17/h5-11,13,15,18,23H,3-4,12,14H2,1-2H3,(H,24,27). The van der Waals surface area contributed by atoms with E-state index in [9.17, 15) is 13.2 Å². The van der Waals surface area contributed by atoms with Crippen LogP contribution in [-0.4, -0.2) is 40.4 Å². The summed E-state index contributed by atoms with van der Waals surface area (Å²) in [7, 11) is -2.11. The SMILES string of the molecule is CCCCn1nccc1C(=O)NC(CNS(=O)(=O)c1cnn(C)c1)c1ccccc1. The lowest BCUT2D eigenvalue weighted by molar-refractivity contribution is 0.0925. The van der Waals surface area contributed by atoms with Crippen molar-refractivity contribution in [1.29, 1.82) is 0 Å². The van der Waals surface area contributed by atoms with Gasteiger partial charge in [-0.05, 0) is 18.1 Å².